The summed E-state index contributed by atoms with van der Waals surface area (Å²) in [6.07, 6.45) is -0.307. The fourth-order valence-electron chi connectivity index (χ4n) is 2.02. The van der Waals surface area contributed by atoms with Gasteiger partial charge in [-0.3, -0.25) is 0 Å². The molecule has 1 aliphatic heterocycles. The van der Waals surface area contributed by atoms with Crippen LogP contribution in [-0.2, 0) is 4.74 Å². The van der Waals surface area contributed by atoms with Crippen LogP contribution in [0.15, 0.2) is 11.3 Å². The Labute approximate surface area is 131 Å². The number of rotatable bonds is 2. The molecule has 1 amide bonds. The van der Waals surface area contributed by atoms with E-state index >= 15 is 0 Å². The lowest BCUT2D eigenvalue weighted by molar-refractivity contribution is 0.0168. The first kappa shape index (κ1) is 17.2. The second-order valence-corrected chi connectivity index (χ2v) is 6.33. The van der Waals surface area contributed by atoms with Crippen LogP contribution < -0.4 is 5.73 Å². The number of piperazine rings is 1. The van der Waals surface area contributed by atoms with Gasteiger partial charge in [-0.25, -0.2) is 4.79 Å². The summed E-state index contributed by atoms with van der Waals surface area (Å²) in [7, 11) is 0. The normalized spacial score (nSPS) is 16.9. The summed E-state index contributed by atoms with van der Waals surface area (Å²) >= 11 is 4.87. The van der Waals surface area contributed by atoms with Crippen molar-refractivity contribution in [3.63, 3.8) is 0 Å². The average Bonchev–Trinajstić information content (AvgIpc) is 2.37. The third-order valence-corrected chi connectivity index (χ3v) is 3.33. The van der Waals surface area contributed by atoms with Crippen LogP contribution in [0.5, 0.6) is 0 Å². The summed E-state index contributed by atoms with van der Waals surface area (Å²) in [5, 5.41) is 9.08. The topological polar surface area (TPSA) is 82.6 Å². The molecule has 1 fully saturated rings. The summed E-state index contributed by atoms with van der Waals surface area (Å²) in [6.45, 7) is 9.68. The summed E-state index contributed by atoms with van der Waals surface area (Å²) in [5.74, 6) is 0. The zero-order valence-corrected chi connectivity index (χ0v) is 13.8. The highest BCUT2D eigenvalue weighted by molar-refractivity contribution is 7.80. The van der Waals surface area contributed by atoms with Gasteiger partial charge in [-0.1, -0.05) is 12.2 Å². The van der Waals surface area contributed by atoms with Crippen LogP contribution >= 0.6 is 12.2 Å². The van der Waals surface area contributed by atoms with E-state index in [4.69, 9.17) is 28.0 Å². The zero-order valence-electron chi connectivity index (χ0n) is 13.0. The molecular formula is C14H22N4O2S. The second-order valence-electron chi connectivity index (χ2n) is 5.89. The van der Waals surface area contributed by atoms with Crippen molar-refractivity contribution in [3.8, 4) is 6.07 Å². The monoisotopic (exact) mass is 310 g/mol. The Balaban J connectivity index is 2.67. The lowest BCUT2D eigenvalue weighted by Gasteiger charge is -2.37. The Bertz CT molecular complexity index is 494. The predicted octanol–water partition coefficient (Wildman–Crippen LogP) is 1.62. The minimum Gasteiger partial charge on any atom is -0.444 e. The van der Waals surface area contributed by atoms with Gasteiger partial charge >= 0.3 is 6.09 Å². The van der Waals surface area contributed by atoms with E-state index in [9.17, 15) is 4.79 Å². The molecule has 0 bridgehead atoms. The number of amides is 1. The maximum absolute atomic E-state index is 12.0. The maximum Gasteiger partial charge on any atom is 0.410 e. The van der Waals surface area contributed by atoms with Crippen molar-refractivity contribution in [1.29, 1.82) is 5.26 Å². The van der Waals surface area contributed by atoms with E-state index in [1.54, 1.807) is 4.90 Å². The highest BCUT2D eigenvalue weighted by Crippen LogP contribution is 2.16. The second kappa shape index (κ2) is 6.76. The molecule has 6 nitrogen and oxygen atoms in total. The Kier molecular flexibility index (Phi) is 5.55. The molecular weight excluding hydrogens is 288 g/mol. The Hall–Kier alpha value is -1.81. The van der Waals surface area contributed by atoms with Crippen LogP contribution in [0.4, 0.5) is 4.79 Å². The first-order valence-corrected chi connectivity index (χ1v) is 7.20. The number of hydrogen-bond acceptors (Lipinski definition) is 5. The summed E-state index contributed by atoms with van der Waals surface area (Å²) in [5.41, 5.74) is 6.13. The Morgan fingerprint density at radius 2 is 1.71 bits per heavy atom. The van der Waals surface area contributed by atoms with Crippen LogP contribution in [-0.4, -0.2) is 52.7 Å². The number of carbonyl (C=O) groups excluding carboxylic acids is 1. The van der Waals surface area contributed by atoms with E-state index < -0.39 is 5.60 Å². The summed E-state index contributed by atoms with van der Waals surface area (Å²) in [6, 6.07) is 2.03. The fraction of sp³-hybridized carbons (Fsp3) is 0.643. The number of ether oxygens (including phenoxy) is 1. The molecule has 116 valence electrons. The molecule has 0 aliphatic carbocycles. The number of hydrogen-bond donors (Lipinski definition) is 1. The van der Waals surface area contributed by atoms with Crippen molar-refractivity contribution in [2.45, 2.75) is 33.3 Å². The first-order valence-electron chi connectivity index (χ1n) is 6.79. The van der Waals surface area contributed by atoms with Gasteiger partial charge in [0.05, 0.1) is 0 Å². The molecule has 0 atom stereocenters. The minimum atomic E-state index is -0.496. The van der Waals surface area contributed by atoms with Crippen molar-refractivity contribution in [1.82, 2.24) is 9.80 Å². The molecule has 1 aliphatic rings. The molecule has 0 aromatic heterocycles. The highest BCUT2D eigenvalue weighted by atomic mass is 32.1. The van der Waals surface area contributed by atoms with Gasteiger partial charge in [0.1, 0.15) is 22.2 Å². The molecule has 0 radical (unpaired) electrons. The summed E-state index contributed by atoms with van der Waals surface area (Å²) < 4.78 is 5.34. The van der Waals surface area contributed by atoms with Crippen molar-refractivity contribution in [3.05, 3.63) is 11.3 Å². The number of nitrogens with two attached hydrogens (primary N) is 1. The number of thiocarbonyl (C=S) groups is 1. The van der Waals surface area contributed by atoms with Crippen LogP contribution in [0, 0.1) is 11.3 Å². The molecule has 1 saturated heterocycles. The summed E-state index contributed by atoms with van der Waals surface area (Å²) in [4.78, 5) is 15.8. The predicted molar refractivity (Wildman–Crippen MR) is 84.5 cm³/mol. The van der Waals surface area contributed by atoms with Crippen LogP contribution in [0.2, 0.25) is 0 Å². The van der Waals surface area contributed by atoms with Gasteiger partial charge in [-0.2, -0.15) is 5.26 Å². The molecule has 1 heterocycles. The number of allylic oxidation sites excluding steroid dienone is 1. The maximum atomic E-state index is 12.0. The van der Waals surface area contributed by atoms with E-state index in [1.807, 2.05) is 38.7 Å². The van der Waals surface area contributed by atoms with Crippen molar-refractivity contribution in [2.24, 2.45) is 5.73 Å². The van der Waals surface area contributed by atoms with Gasteiger partial charge in [0, 0.05) is 31.9 Å². The quantitative estimate of drug-likeness (QED) is 0.474. The molecule has 2 N–H and O–H groups in total. The van der Waals surface area contributed by atoms with Crippen molar-refractivity contribution in [2.75, 3.05) is 26.2 Å². The molecule has 7 heteroatoms. The van der Waals surface area contributed by atoms with Gasteiger partial charge in [-0.15, -0.1) is 0 Å². The third kappa shape index (κ3) is 4.90. The Morgan fingerprint density at radius 3 is 2.10 bits per heavy atom. The number of carbonyl (C=O) groups is 1. The SMILES string of the molecule is CC(=C(C#N)C(N)=S)N1CCN(C(=O)OC(C)(C)C)CC1. The van der Waals surface area contributed by atoms with Gasteiger partial charge < -0.3 is 20.3 Å². The first-order chi connectivity index (χ1) is 9.65. The molecule has 0 aromatic carbocycles. The van der Waals surface area contributed by atoms with Crippen LogP contribution in [0.3, 0.4) is 0 Å². The minimum absolute atomic E-state index is 0.101. The van der Waals surface area contributed by atoms with E-state index in [0.29, 0.717) is 31.8 Å². The molecule has 0 saturated carbocycles. The van der Waals surface area contributed by atoms with Gasteiger partial charge in [-0.05, 0) is 27.7 Å². The number of nitrogens with zero attached hydrogens (tertiary/aromatic N) is 3. The van der Waals surface area contributed by atoms with Crippen molar-refractivity contribution < 1.29 is 9.53 Å². The largest absolute Gasteiger partial charge is 0.444 e. The molecule has 0 aromatic rings. The standard InChI is InChI=1S/C14H22N4O2S/c1-10(11(9-15)12(16)21)17-5-7-18(8-6-17)13(19)20-14(2,3)4/h5-8H2,1-4H3,(H2,16,21). The third-order valence-electron chi connectivity index (χ3n) is 3.13. The molecule has 21 heavy (non-hydrogen) atoms. The fourth-order valence-corrected chi connectivity index (χ4v) is 2.22. The smallest absolute Gasteiger partial charge is 0.410 e. The molecule has 0 spiro atoms. The molecule has 0 unspecified atom stereocenters. The molecule has 1 rings (SSSR count). The lowest BCUT2D eigenvalue weighted by Crippen LogP contribution is -2.49. The van der Waals surface area contributed by atoms with Crippen LogP contribution in [0.25, 0.3) is 0 Å². The van der Waals surface area contributed by atoms with E-state index in [1.165, 1.54) is 0 Å². The van der Waals surface area contributed by atoms with Crippen LogP contribution in [0.1, 0.15) is 27.7 Å². The van der Waals surface area contributed by atoms with Gasteiger partial charge in [0.2, 0.25) is 0 Å². The van der Waals surface area contributed by atoms with E-state index in [2.05, 4.69) is 0 Å². The van der Waals surface area contributed by atoms with E-state index in [0.717, 1.165) is 5.70 Å². The van der Waals surface area contributed by atoms with E-state index in [-0.39, 0.29) is 11.1 Å². The average molecular weight is 310 g/mol. The lowest BCUT2D eigenvalue weighted by atomic mass is 10.2. The van der Waals surface area contributed by atoms with Gasteiger partial charge in [0.15, 0.2) is 0 Å². The Morgan fingerprint density at radius 1 is 1.24 bits per heavy atom. The highest BCUT2D eigenvalue weighted by Gasteiger charge is 2.26. The van der Waals surface area contributed by atoms with Crippen molar-refractivity contribution >= 4 is 23.3 Å². The van der Waals surface area contributed by atoms with Gasteiger partial charge in [0.25, 0.3) is 0 Å². The number of nitriles is 1. The zero-order chi connectivity index (χ0) is 16.2.